The number of carboxylic acids is 1. The van der Waals surface area contributed by atoms with Crippen molar-refractivity contribution in [3.63, 3.8) is 0 Å². The Morgan fingerprint density at radius 2 is 1.90 bits per heavy atom. The first-order valence-electron chi connectivity index (χ1n) is 6.77. The standard InChI is InChI=1S/C15H19NO4/c1-10-7-8-12(15(19)20)9-16(10)14(18)13(17)11-5-3-2-4-6-11/h2-6,10,12-13,17H,7-9H2,1H3,(H,19,20)/t10?,12?,13-/m0/s1. The van der Waals surface area contributed by atoms with Crippen LogP contribution in [-0.2, 0) is 9.59 Å². The summed E-state index contributed by atoms with van der Waals surface area (Å²) < 4.78 is 0. The van der Waals surface area contributed by atoms with Crippen molar-refractivity contribution in [1.82, 2.24) is 4.90 Å². The summed E-state index contributed by atoms with van der Waals surface area (Å²) in [5, 5.41) is 19.2. The summed E-state index contributed by atoms with van der Waals surface area (Å²) in [6, 6.07) is 8.65. The highest BCUT2D eigenvalue weighted by Gasteiger charge is 2.35. The first kappa shape index (κ1) is 14.5. The molecule has 5 nitrogen and oxygen atoms in total. The average Bonchev–Trinajstić information content (AvgIpc) is 2.47. The van der Waals surface area contributed by atoms with E-state index in [4.69, 9.17) is 5.11 Å². The van der Waals surface area contributed by atoms with Crippen LogP contribution in [0.4, 0.5) is 0 Å². The van der Waals surface area contributed by atoms with E-state index in [-0.39, 0.29) is 12.6 Å². The lowest BCUT2D eigenvalue weighted by Crippen LogP contribution is -2.49. The maximum Gasteiger partial charge on any atom is 0.308 e. The largest absolute Gasteiger partial charge is 0.481 e. The van der Waals surface area contributed by atoms with Crippen molar-refractivity contribution in [2.45, 2.75) is 31.9 Å². The number of piperidine rings is 1. The van der Waals surface area contributed by atoms with Crippen molar-refractivity contribution in [1.29, 1.82) is 0 Å². The molecule has 2 unspecified atom stereocenters. The molecule has 20 heavy (non-hydrogen) atoms. The Balaban J connectivity index is 2.12. The number of aliphatic hydroxyl groups is 1. The number of carboxylic acid groups (broad SMARTS) is 1. The minimum atomic E-state index is -1.23. The van der Waals surface area contributed by atoms with Crippen LogP contribution in [0.25, 0.3) is 0 Å². The normalized spacial score (nSPS) is 24.2. The fourth-order valence-corrected chi connectivity index (χ4v) is 2.55. The third-order valence-corrected chi connectivity index (χ3v) is 3.86. The molecule has 1 heterocycles. The quantitative estimate of drug-likeness (QED) is 0.876. The number of likely N-dealkylation sites (tertiary alicyclic amines) is 1. The van der Waals surface area contributed by atoms with Gasteiger partial charge >= 0.3 is 5.97 Å². The Hall–Kier alpha value is -1.88. The Bertz CT molecular complexity index is 488. The molecule has 5 heteroatoms. The summed E-state index contributed by atoms with van der Waals surface area (Å²) in [5.41, 5.74) is 0.530. The van der Waals surface area contributed by atoms with Crippen LogP contribution in [0.5, 0.6) is 0 Å². The van der Waals surface area contributed by atoms with Gasteiger partial charge in [0.15, 0.2) is 6.10 Å². The Kier molecular flexibility index (Phi) is 4.39. The number of carbonyl (C=O) groups is 2. The molecule has 0 aliphatic carbocycles. The molecule has 0 bridgehead atoms. The third kappa shape index (κ3) is 2.99. The van der Waals surface area contributed by atoms with Gasteiger partial charge in [0.2, 0.25) is 0 Å². The molecule has 108 valence electrons. The van der Waals surface area contributed by atoms with Gasteiger partial charge in [-0.2, -0.15) is 0 Å². The second-order valence-electron chi connectivity index (χ2n) is 5.27. The van der Waals surface area contributed by atoms with Crippen molar-refractivity contribution in [2.75, 3.05) is 6.54 Å². The topological polar surface area (TPSA) is 77.8 Å². The van der Waals surface area contributed by atoms with Crippen LogP contribution in [0.2, 0.25) is 0 Å². The molecular formula is C15H19NO4. The second-order valence-corrected chi connectivity index (χ2v) is 5.27. The van der Waals surface area contributed by atoms with Crippen molar-refractivity contribution < 1.29 is 19.8 Å². The highest BCUT2D eigenvalue weighted by Crippen LogP contribution is 2.25. The number of hydrogen-bond donors (Lipinski definition) is 2. The van der Waals surface area contributed by atoms with E-state index in [1.54, 1.807) is 24.3 Å². The summed E-state index contributed by atoms with van der Waals surface area (Å²) in [4.78, 5) is 24.9. The fraction of sp³-hybridized carbons (Fsp3) is 0.467. The van der Waals surface area contributed by atoms with Crippen LogP contribution in [0.15, 0.2) is 30.3 Å². The zero-order valence-electron chi connectivity index (χ0n) is 11.4. The summed E-state index contributed by atoms with van der Waals surface area (Å²) >= 11 is 0. The summed E-state index contributed by atoms with van der Waals surface area (Å²) in [7, 11) is 0. The second kappa shape index (κ2) is 6.05. The third-order valence-electron chi connectivity index (χ3n) is 3.86. The molecular weight excluding hydrogens is 258 g/mol. The molecule has 1 aliphatic rings. The van der Waals surface area contributed by atoms with Crippen molar-refractivity contribution >= 4 is 11.9 Å². The first-order chi connectivity index (χ1) is 9.50. The Morgan fingerprint density at radius 3 is 2.50 bits per heavy atom. The van der Waals surface area contributed by atoms with E-state index in [2.05, 4.69) is 0 Å². The molecule has 1 amide bonds. The van der Waals surface area contributed by atoms with Crippen molar-refractivity contribution in [2.24, 2.45) is 5.92 Å². The number of aliphatic hydroxyl groups excluding tert-OH is 1. The maximum absolute atomic E-state index is 12.4. The van der Waals surface area contributed by atoms with E-state index in [0.29, 0.717) is 18.4 Å². The van der Waals surface area contributed by atoms with Gasteiger partial charge in [-0.25, -0.2) is 0 Å². The summed E-state index contributed by atoms with van der Waals surface area (Å²) in [5.74, 6) is -1.85. The molecule has 1 fully saturated rings. The van der Waals surface area contributed by atoms with Crippen molar-refractivity contribution in [3.8, 4) is 0 Å². The van der Waals surface area contributed by atoms with Gasteiger partial charge in [-0.1, -0.05) is 30.3 Å². The minimum absolute atomic E-state index is 0.0449. The minimum Gasteiger partial charge on any atom is -0.481 e. The van der Waals surface area contributed by atoms with Gasteiger partial charge < -0.3 is 15.1 Å². The number of benzene rings is 1. The van der Waals surface area contributed by atoms with Crippen LogP contribution in [0.1, 0.15) is 31.4 Å². The van der Waals surface area contributed by atoms with Gasteiger partial charge in [0.1, 0.15) is 0 Å². The monoisotopic (exact) mass is 277 g/mol. The number of amides is 1. The van der Waals surface area contributed by atoms with Crippen LogP contribution < -0.4 is 0 Å². The lowest BCUT2D eigenvalue weighted by atomic mass is 9.92. The fourth-order valence-electron chi connectivity index (χ4n) is 2.55. The van der Waals surface area contributed by atoms with Gasteiger partial charge in [-0.3, -0.25) is 9.59 Å². The maximum atomic E-state index is 12.4. The van der Waals surface area contributed by atoms with E-state index in [1.165, 1.54) is 4.90 Å². The number of carbonyl (C=O) groups excluding carboxylic acids is 1. The van der Waals surface area contributed by atoms with Crippen LogP contribution in [0, 0.1) is 5.92 Å². The van der Waals surface area contributed by atoms with E-state index in [0.717, 1.165) is 0 Å². The SMILES string of the molecule is CC1CCC(C(=O)O)CN1C(=O)[C@@H](O)c1ccccc1. The highest BCUT2D eigenvalue weighted by molar-refractivity contribution is 5.83. The van der Waals surface area contributed by atoms with Gasteiger partial charge in [-0.05, 0) is 25.3 Å². The zero-order valence-corrected chi connectivity index (χ0v) is 11.4. The summed E-state index contributed by atoms with van der Waals surface area (Å²) in [6.07, 6.45) is -0.0162. The molecule has 2 rings (SSSR count). The molecule has 1 aromatic rings. The van der Waals surface area contributed by atoms with Gasteiger partial charge in [0, 0.05) is 12.6 Å². The number of rotatable bonds is 3. The van der Waals surface area contributed by atoms with E-state index >= 15 is 0 Å². The number of aliphatic carboxylic acids is 1. The molecule has 1 saturated heterocycles. The summed E-state index contributed by atoms with van der Waals surface area (Å²) in [6.45, 7) is 2.05. The molecule has 0 spiro atoms. The molecule has 0 saturated carbocycles. The number of hydrogen-bond acceptors (Lipinski definition) is 3. The van der Waals surface area contributed by atoms with E-state index in [1.807, 2.05) is 13.0 Å². The first-order valence-corrected chi connectivity index (χ1v) is 6.77. The molecule has 0 aromatic heterocycles. The van der Waals surface area contributed by atoms with Crippen molar-refractivity contribution in [3.05, 3.63) is 35.9 Å². The lowest BCUT2D eigenvalue weighted by molar-refractivity contribution is -0.151. The highest BCUT2D eigenvalue weighted by atomic mass is 16.4. The molecule has 1 aliphatic heterocycles. The zero-order chi connectivity index (χ0) is 14.7. The van der Waals surface area contributed by atoms with Crippen LogP contribution >= 0.6 is 0 Å². The van der Waals surface area contributed by atoms with Gasteiger partial charge in [-0.15, -0.1) is 0 Å². The van der Waals surface area contributed by atoms with E-state index in [9.17, 15) is 14.7 Å². The van der Waals surface area contributed by atoms with Crippen LogP contribution in [-0.4, -0.2) is 39.6 Å². The van der Waals surface area contributed by atoms with E-state index < -0.39 is 23.9 Å². The van der Waals surface area contributed by atoms with Crippen LogP contribution in [0.3, 0.4) is 0 Å². The Labute approximate surface area is 117 Å². The predicted molar refractivity (Wildman–Crippen MR) is 72.9 cm³/mol. The molecule has 0 radical (unpaired) electrons. The van der Waals surface area contributed by atoms with Gasteiger partial charge in [0.05, 0.1) is 5.92 Å². The average molecular weight is 277 g/mol. The van der Waals surface area contributed by atoms with Gasteiger partial charge in [0.25, 0.3) is 5.91 Å². The smallest absolute Gasteiger partial charge is 0.308 e. The number of nitrogens with zero attached hydrogens (tertiary/aromatic N) is 1. The molecule has 1 aromatic carbocycles. The molecule has 3 atom stereocenters. The predicted octanol–water partition coefficient (Wildman–Crippen LogP) is 1.43. The lowest BCUT2D eigenvalue weighted by Gasteiger charge is -2.37. The Morgan fingerprint density at radius 1 is 1.25 bits per heavy atom. The molecule has 2 N–H and O–H groups in total.